The van der Waals surface area contributed by atoms with E-state index in [4.69, 9.17) is 18.6 Å². The zero-order valence-electron chi connectivity index (χ0n) is 16.4. The summed E-state index contributed by atoms with van der Waals surface area (Å²) in [6.45, 7) is 2.96. The molecule has 1 aromatic carbocycles. The molecule has 1 aromatic heterocycles. The summed E-state index contributed by atoms with van der Waals surface area (Å²) >= 11 is 0. The van der Waals surface area contributed by atoms with Crippen molar-refractivity contribution in [3.63, 3.8) is 0 Å². The van der Waals surface area contributed by atoms with Gasteiger partial charge in [0.2, 0.25) is 5.91 Å². The van der Waals surface area contributed by atoms with Crippen molar-refractivity contribution in [1.29, 1.82) is 0 Å². The smallest absolute Gasteiger partial charge is 0.339 e. The molecule has 3 rings (SSSR count). The molecule has 1 fully saturated rings. The summed E-state index contributed by atoms with van der Waals surface area (Å²) in [6.07, 6.45) is 1.73. The molecule has 7 nitrogen and oxygen atoms in total. The van der Waals surface area contributed by atoms with E-state index in [1.807, 2.05) is 17.0 Å². The van der Waals surface area contributed by atoms with Crippen LogP contribution in [0.3, 0.4) is 0 Å². The fourth-order valence-electron chi connectivity index (χ4n) is 3.34. The number of methoxy groups -OCH3 is 2. The summed E-state index contributed by atoms with van der Waals surface area (Å²) in [5.74, 6) is 2.36. The number of amides is 1. The first kappa shape index (κ1) is 19.8. The van der Waals surface area contributed by atoms with Gasteiger partial charge in [-0.05, 0) is 24.6 Å². The lowest BCUT2D eigenvalue weighted by Crippen LogP contribution is -2.42. The quantitative estimate of drug-likeness (QED) is 0.758. The van der Waals surface area contributed by atoms with Crippen LogP contribution in [0.25, 0.3) is 0 Å². The van der Waals surface area contributed by atoms with Gasteiger partial charge in [0.05, 0.1) is 26.7 Å². The molecule has 0 radical (unpaired) electrons. The molecule has 1 aliphatic heterocycles. The lowest BCUT2D eigenvalue weighted by Gasteiger charge is -2.32. The van der Waals surface area contributed by atoms with E-state index in [0.717, 1.165) is 18.4 Å². The first-order valence-corrected chi connectivity index (χ1v) is 9.25. The normalized spacial score (nSPS) is 14.6. The minimum absolute atomic E-state index is 0.0219. The third-order valence-corrected chi connectivity index (χ3v) is 4.77. The van der Waals surface area contributed by atoms with Gasteiger partial charge < -0.3 is 23.5 Å². The molecule has 0 spiro atoms. The van der Waals surface area contributed by atoms with Crippen molar-refractivity contribution in [1.82, 2.24) is 4.90 Å². The fourth-order valence-corrected chi connectivity index (χ4v) is 3.34. The van der Waals surface area contributed by atoms with Gasteiger partial charge in [-0.1, -0.05) is 6.07 Å². The van der Waals surface area contributed by atoms with Gasteiger partial charge >= 0.3 is 5.63 Å². The summed E-state index contributed by atoms with van der Waals surface area (Å²) < 4.78 is 21.4. The molecule has 0 atom stereocenters. The standard InChI is InChI=1S/C21H25NO6/c1-14-10-17(13-21(24)27-14)28-16-6-8-22(9-7-16)20(23)12-15-4-5-18(25-2)19(11-15)26-3/h4-5,10-11,13,16H,6-9,12H2,1-3H3. The highest BCUT2D eigenvalue weighted by molar-refractivity contribution is 5.79. The summed E-state index contributed by atoms with van der Waals surface area (Å²) in [5, 5.41) is 0. The first-order chi connectivity index (χ1) is 13.5. The molecule has 0 aliphatic carbocycles. The Hall–Kier alpha value is -2.96. The number of piperidine rings is 1. The molecule has 2 aromatic rings. The molecule has 2 heterocycles. The highest BCUT2D eigenvalue weighted by Gasteiger charge is 2.24. The molecule has 0 bridgehead atoms. The lowest BCUT2D eigenvalue weighted by molar-refractivity contribution is -0.132. The summed E-state index contributed by atoms with van der Waals surface area (Å²) in [4.78, 5) is 25.9. The molecule has 1 amide bonds. The van der Waals surface area contributed by atoms with Gasteiger partial charge in [0, 0.05) is 32.0 Å². The number of hydrogen-bond acceptors (Lipinski definition) is 6. The molecular weight excluding hydrogens is 362 g/mol. The third-order valence-electron chi connectivity index (χ3n) is 4.77. The van der Waals surface area contributed by atoms with Crippen molar-refractivity contribution < 1.29 is 23.4 Å². The molecule has 7 heteroatoms. The van der Waals surface area contributed by atoms with Crippen LogP contribution in [0.2, 0.25) is 0 Å². The van der Waals surface area contributed by atoms with Gasteiger partial charge in [0.15, 0.2) is 11.5 Å². The van der Waals surface area contributed by atoms with Crippen molar-refractivity contribution >= 4 is 5.91 Å². The number of carbonyl (C=O) groups excluding carboxylic acids is 1. The van der Waals surface area contributed by atoms with Crippen LogP contribution in [-0.2, 0) is 11.2 Å². The van der Waals surface area contributed by atoms with Crippen molar-refractivity contribution in [2.45, 2.75) is 32.3 Å². The van der Waals surface area contributed by atoms with Gasteiger partial charge in [-0.15, -0.1) is 0 Å². The van der Waals surface area contributed by atoms with Crippen LogP contribution in [0.4, 0.5) is 0 Å². The van der Waals surface area contributed by atoms with Gasteiger partial charge in [-0.2, -0.15) is 0 Å². The second kappa shape index (κ2) is 8.82. The van der Waals surface area contributed by atoms with Crippen LogP contribution >= 0.6 is 0 Å². The van der Waals surface area contributed by atoms with Crippen molar-refractivity contribution in [3.05, 3.63) is 52.1 Å². The number of rotatable bonds is 6. The second-order valence-corrected chi connectivity index (χ2v) is 6.79. The number of nitrogens with zero attached hydrogens (tertiary/aromatic N) is 1. The Morgan fingerprint density at radius 3 is 2.46 bits per heavy atom. The topological polar surface area (TPSA) is 78.2 Å². The van der Waals surface area contributed by atoms with Crippen LogP contribution in [0, 0.1) is 6.92 Å². The number of aryl methyl sites for hydroxylation is 1. The number of likely N-dealkylation sites (tertiary alicyclic amines) is 1. The zero-order chi connectivity index (χ0) is 20.1. The summed E-state index contributed by atoms with van der Waals surface area (Å²) in [7, 11) is 3.16. The Morgan fingerprint density at radius 2 is 1.82 bits per heavy atom. The Morgan fingerprint density at radius 1 is 1.11 bits per heavy atom. The summed E-state index contributed by atoms with van der Waals surface area (Å²) in [6, 6.07) is 8.56. The van der Waals surface area contributed by atoms with Crippen LogP contribution in [-0.4, -0.2) is 44.2 Å². The molecule has 0 unspecified atom stereocenters. The van der Waals surface area contributed by atoms with Gasteiger partial charge in [0.25, 0.3) is 0 Å². The molecule has 1 aliphatic rings. The van der Waals surface area contributed by atoms with Crippen molar-refractivity contribution in [2.75, 3.05) is 27.3 Å². The molecule has 150 valence electrons. The SMILES string of the molecule is COc1ccc(CC(=O)N2CCC(Oc3cc(C)oc(=O)c3)CC2)cc1OC. The van der Waals surface area contributed by atoms with Crippen molar-refractivity contribution in [3.8, 4) is 17.2 Å². The lowest BCUT2D eigenvalue weighted by atomic mass is 10.1. The van der Waals surface area contributed by atoms with Gasteiger partial charge in [-0.25, -0.2) is 4.79 Å². The number of carbonyl (C=O) groups is 1. The molecule has 1 saturated heterocycles. The predicted octanol–water partition coefficient (Wildman–Crippen LogP) is 2.58. The highest BCUT2D eigenvalue weighted by Crippen LogP contribution is 2.28. The monoisotopic (exact) mass is 387 g/mol. The number of hydrogen-bond donors (Lipinski definition) is 0. The maximum Gasteiger partial charge on any atom is 0.339 e. The number of ether oxygens (including phenoxy) is 3. The second-order valence-electron chi connectivity index (χ2n) is 6.79. The van der Waals surface area contributed by atoms with E-state index in [-0.39, 0.29) is 12.0 Å². The minimum atomic E-state index is -0.419. The molecular formula is C21H25NO6. The van der Waals surface area contributed by atoms with E-state index in [1.54, 1.807) is 33.3 Å². The van der Waals surface area contributed by atoms with Gasteiger partial charge in [-0.3, -0.25) is 4.79 Å². The van der Waals surface area contributed by atoms with Crippen LogP contribution < -0.4 is 19.8 Å². The predicted molar refractivity (Wildman–Crippen MR) is 103 cm³/mol. The molecule has 0 saturated carbocycles. The van der Waals surface area contributed by atoms with E-state index in [1.165, 1.54) is 6.07 Å². The van der Waals surface area contributed by atoms with Crippen LogP contribution in [0.15, 0.2) is 39.5 Å². The molecule has 28 heavy (non-hydrogen) atoms. The third kappa shape index (κ3) is 4.85. The van der Waals surface area contributed by atoms with Gasteiger partial charge in [0.1, 0.15) is 17.6 Å². The Bertz CT molecular complexity index is 883. The Labute approximate surface area is 163 Å². The Balaban J connectivity index is 1.54. The van der Waals surface area contributed by atoms with Crippen LogP contribution in [0.1, 0.15) is 24.2 Å². The first-order valence-electron chi connectivity index (χ1n) is 9.25. The average Bonchev–Trinajstić information content (AvgIpc) is 2.67. The fraction of sp³-hybridized carbons (Fsp3) is 0.429. The van der Waals surface area contributed by atoms with E-state index >= 15 is 0 Å². The largest absolute Gasteiger partial charge is 0.493 e. The number of benzene rings is 1. The van der Waals surface area contributed by atoms with E-state index in [2.05, 4.69) is 0 Å². The minimum Gasteiger partial charge on any atom is -0.493 e. The zero-order valence-corrected chi connectivity index (χ0v) is 16.4. The van der Waals surface area contributed by atoms with Crippen molar-refractivity contribution in [2.24, 2.45) is 0 Å². The van der Waals surface area contributed by atoms with E-state index < -0.39 is 5.63 Å². The summed E-state index contributed by atoms with van der Waals surface area (Å²) in [5.41, 5.74) is 0.463. The van der Waals surface area contributed by atoms with E-state index in [9.17, 15) is 9.59 Å². The maximum atomic E-state index is 12.6. The highest BCUT2D eigenvalue weighted by atomic mass is 16.5. The van der Waals surface area contributed by atoms with Crippen LogP contribution in [0.5, 0.6) is 17.2 Å². The molecule has 0 N–H and O–H groups in total. The maximum absolute atomic E-state index is 12.6. The average molecular weight is 387 g/mol. The van der Waals surface area contributed by atoms with E-state index in [0.29, 0.717) is 42.5 Å². The Kier molecular flexibility index (Phi) is 6.23.